The molecular weight excluding hydrogens is 326 g/mol. The van der Waals surface area contributed by atoms with Crippen LogP contribution >= 0.6 is 43.2 Å². The number of halogens is 2. The van der Waals surface area contributed by atoms with E-state index in [0.29, 0.717) is 0 Å². The summed E-state index contributed by atoms with van der Waals surface area (Å²) in [5.41, 5.74) is 1.27. The number of unbranched alkanes of at least 4 members (excludes halogenated alkanes) is 1. The first-order valence-electron chi connectivity index (χ1n) is 4.47. The largest absolute Gasteiger partial charge is 0.200 e. The molecule has 1 aromatic heterocycles. The van der Waals surface area contributed by atoms with E-state index in [4.69, 9.17) is 5.26 Å². The van der Waals surface area contributed by atoms with Gasteiger partial charge in [0.15, 0.2) is 0 Å². The van der Waals surface area contributed by atoms with Gasteiger partial charge in [0.05, 0.1) is 6.07 Å². The average molecular weight is 337 g/mol. The summed E-state index contributed by atoms with van der Waals surface area (Å²) >= 11 is 8.37. The van der Waals surface area contributed by atoms with Crippen molar-refractivity contribution in [1.29, 1.82) is 5.26 Å². The molecule has 0 fully saturated rings. The highest BCUT2D eigenvalue weighted by Gasteiger charge is 2.28. The van der Waals surface area contributed by atoms with Gasteiger partial charge in [0, 0.05) is 4.88 Å². The molecule has 0 aromatic carbocycles. The second kappa shape index (κ2) is 5.29. The van der Waals surface area contributed by atoms with Gasteiger partial charge in [-0.25, -0.2) is 0 Å². The van der Waals surface area contributed by atoms with E-state index >= 15 is 0 Å². The van der Waals surface area contributed by atoms with Gasteiger partial charge in [-0.2, -0.15) is 5.26 Å². The molecule has 0 bridgehead atoms. The van der Waals surface area contributed by atoms with Gasteiger partial charge < -0.3 is 0 Å². The number of alkyl halides is 2. The van der Waals surface area contributed by atoms with Crippen LogP contribution in [0.5, 0.6) is 0 Å². The maximum atomic E-state index is 8.98. The zero-order valence-electron chi connectivity index (χ0n) is 7.89. The molecule has 0 spiro atoms. The van der Waals surface area contributed by atoms with Crippen molar-refractivity contribution in [3.05, 3.63) is 21.9 Å². The third-order valence-electron chi connectivity index (χ3n) is 1.97. The first-order chi connectivity index (χ1) is 6.61. The van der Waals surface area contributed by atoms with Gasteiger partial charge in [-0.05, 0) is 61.7 Å². The van der Waals surface area contributed by atoms with Crippen LogP contribution in [-0.4, -0.2) is 0 Å². The first-order valence-corrected chi connectivity index (χ1v) is 6.94. The number of aryl methyl sites for hydroxylation is 1. The third-order valence-corrected chi connectivity index (χ3v) is 4.72. The monoisotopic (exact) mass is 335 g/mol. The van der Waals surface area contributed by atoms with Crippen molar-refractivity contribution in [1.82, 2.24) is 0 Å². The third kappa shape index (κ3) is 2.82. The Morgan fingerprint density at radius 1 is 1.57 bits per heavy atom. The highest BCUT2D eigenvalue weighted by Crippen LogP contribution is 2.42. The van der Waals surface area contributed by atoms with Crippen molar-refractivity contribution >= 4 is 43.2 Å². The Labute approximate surface area is 105 Å². The summed E-state index contributed by atoms with van der Waals surface area (Å²) in [6.45, 7) is 2.17. The molecule has 0 N–H and O–H groups in total. The second-order valence-corrected chi connectivity index (χ2v) is 7.42. The summed E-state index contributed by atoms with van der Waals surface area (Å²) in [4.78, 5) is 1.08. The van der Waals surface area contributed by atoms with E-state index in [1.807, 2.05) is 5.38 Å². The van der Waals surface area contributed by atoms with E-state index in [9.17, 15) is 0 Å². The number of hydrogen-bond donors (Lipinski definition) is 0. The Kier molecular flexibility index (Phi) is 4.62. The lowest BCUT2D eigenvalue weighted by Crippen LogP contribution is -2.05. The summed E-state index contributed by atoms with van der Waals surface area (Å²) < 4.78 is -0.697. The van der Waals surface area contributed by atoms with Crippen LogP contribution in [0.2, 0.25) is 0 Å². The van der Waals surface area contributed by atoms with Gasteiger partial charge in [-0.1, -0.05) is 13.3 Å². The lowest BCUT2D eigenvalue weighted by atomic mass is 10.1. The van der Waals surface area contributed by atoms with E-state index < -0.39 is 3.23 Å². The Morgan fingerprint density at radius 3 is 2.86 bits per heavy atom. The topological polar surface area (TPSA) is 23.8 Å². The average Bonchev–Trinajstić information content (AvgIpc) is 2.63. The molecular formula is C10H11Br2NS. The highest BCUT2D eigenvalue weighted by atomic mass is 79.9. The summed E-state index contributed by atoms with van der Waals surface area (Å²) in [7, 11) is 0. The molecule has 0 saturated carbocycles. The van der Waals surface area contributed by atoms with Gasteiger partial charge in [-0.15, -0.1) is 11.3 Å². The fraction of sp³-hybridized carbons (Fsp3) is 0.500. The van der Waals surface area contributed by atoms with Crippen LogP contribution in [0.1, 0.15) is 30.2 Å². The second-order valence-electron chi connectivity index (χ2n) is 3.06. The molecule has 0 aliphatic carbocycles. The lowest BCUT2D eigenvalue weighted by Gasteiger charge is -2.11. The minimum Gasteiger partial charge on any atom is -0.195 e. The molecule has 1 heterocycles. The number of hydrogen-bond acceptors (Lipinski definition) is 2. The summed E-state index contributed by atoms with van der Waals surface area (Å²) in [6, 6.07) is 4.31. The molecule has 0 atom stereocenters. The molecule has 1 nitrogen and oxygen atoms in total. The zero-order valence-corrected chi connectivity index (χ0v) is 11.9. The Morgan fingerprint density at radius 2 is 2.29 bits per heavy atom. The molecule has 1 rings (SSSR count). The number of thiophene rings is 1. The van der Waals surface area contributed by atoms with Gasteiger partial charge in [-0.3, -0.25) is 0 Å². The van der Waals surface area contributed by atoms with Gasteiger partial charge in [0.2, 0.25) is 3.23 Å². The SMILES string of the molecule is CCCCc1ccsc1C(Br)(Br)C#N. The van der Waals surface area contributed by atoms with Crippen LogP contribution in [0, 0.1) is 11.3 Å². The van der Waals surface area contributed by atoms with E-state index in [1.54, 1.807) is 11.3 Å². The van der Waals surface area contributed by atoms with Gasteiger partial charge >= 0.3 is 0 Å². The Bertz CT molecular complexity index is 338. The maximum absolute atomic E-state index is 8.98. The van der Waals surface area contributed by atoms with Crippen molar-refractivity contribution in [2.24, 2.45) is 0 Å². The van der Waals surface area contributed by atoms with Crippen LogP contribution in [0.15, 0.2) is 11.4 Å². The molecule has 0 saturated heterocycles. The van der Waals surface area contributed by atoms with Gasteiger partial charge in [0.1, 0.15) is 0 Å². The minimum atomic E-state index is -0.697. The zero-order chi connectivity index (χ0) is 10.6. The molecule has 76 valence electrons. The summed E-state index contributed by atoms with van der Waals surface area (Å²) in [5, 5.41) is 11.0. The smallest absolute Gasteiger partial charge is 0.195 e. The van der Waals surface area contributed by atoms with Crippen LogP contribution in [-0.2, 0) is 9.65 Å². The predicted molar refractivity (Wildman–Crippen MR) is 68.1 cm³/mol. The first kappa shape index (κ1) is 12.2. The van der Waals surface area contributed by atoms with Crippen LogP contribution in [0.3, 0.4) is 0 Å². The van der Waals surface area contributed by atoms with E-state index in [1.165, 1.54) is 18.4 Å². The summed E-state index contributed by atoms with van der Waals surface area (Å²) in [6.07, 6.45) is 3.40. The molecule has 0 amide bonds. The number of rotatable bonds is 4. The van der Waals surface area contributed by atoms with E-state index in [0.717, 1.165) is 11.3 Å². The molecule has 0 aliphatic rings. The number of nitrogens with zero attached hydrogens (tertiary/aromatic N) is 1. The van der Waals surface area contributed by atoms with Crippen molar-refractivity contribution < 1.29 is 0 Å². The number of nitriles is 1. The van der Waals surface area contributed by atoms with Crippen molar-refractivity contribution in [2.75, 3.05) is 0 Å². The van der Waals surface area contributed by atoms with E-state index in [-0.39, 0.29) is 0 Å². The molecule has 1 aromatic rings. The maximum Gasteiger partial charge on any atom is 0.200 e. The Hall–Kier alpha value is 0.150. The highest BCUT2D eigenvalue weighted by molar-refractivity contribution is 9.25. The Balaban J connectivity index is 2.88. The molecule has 4 heteroatoms. The fourth-order valence-electron chi connectivity index (χ4n) is 1.23. The van der Waals surface area contributed by atoms with Crippen molar-refractivity contribution in [2.45, 2.75) is 29.4 Å². The minimum absolute atomic E-state index is 0.697. The normalized spacial score (nSPS) is 11.3. The summed E-state index contributed by atoms with van der Waals surface area (Å²) in [5.74, 6) is 0. The lowest BCUT2D eigenvalue weighted by molar-refractivity contribution is 0.792. The molecule has 0 radical (unpaired) electrons. The predicted octanol–water partition coefficient (Wildman–Crippen LogP) is 4.56. The van der Waals surface area contributed by atoms with Crippen LogP contribution in [0.4, 0.5) is 0 Å². The molecule has 0 unspecified atom stereocenters. The fourth-order valence-corrected chi connectivity index (χ4v) is 3.18. The van der Waals surface area contributed by atoms with Crippen LogP contribution in [0.25, 0.3) is 0 Å². The molecule has 0 aliphatic heterocycles. The molecule has 14 heavy (non-hydrogen) atoms. The van der Waals surface area contributed by atoms with E-state index in [2.05, 4.69) is 50.9 Å². The standard InChI is InChI=1S/C10H11Br2NS/c1-2-3-4-8-5-6-14-9(8)10(11,12)7-13/h5-6H,2-4H2,1H3. The quantitative estimate of drug-likeness (QED) is 0.739. The van der Waals surface area contributed by atoms with Gasteiger partial charge in [0.25, 0.3) is 0 Å². The van der Waals surface area contributed by atoms with Crippen molar-refractivity contribution in [3.8, 4) is 6.07 Å². The van der Waals surface area contributed by atoms with Crippen molar-refractivity contribution in [3.63, 3.8) is 0 Å². The van der Waals surface area contributed by atoms with Crippen LogP contribution < -0.4 is 0 Å².